The molecule has 0 aliphatic heterocycles. The lowest BCUT2D eigenvalue weighted by Crippen LogP contribution is -2.24. The molecule has 1 aromatic carbocycles. The topological polar surface area (TPSA) is 168 Å². The molecule has 48 heavy (non-hydrogen) atoms. The van der Waals surface area contributed by atoms with Crippen molar-refractivity contribution in [2.75, 3.05) is 115 Å². The van der Waals surface area contributed by atoms with Gasteiger partial charge in [-0.1, -0.05) is 46.8 Å². The highest BCUT2D eigenvalue weighted by atomic mass is 16.8. The quantitative estimate of drug-likeness (QED) is 0.0807. The molecule has 0 atom stereocenters. The maximum absolute atomic E-state index is 8.52. The lowest BCUT2D eigenvalue weighted by molar-refractivity contribution is -0.238. The van der Waals surface area contributed by atoms with Crippen molar-refractivity contribution in [2.45, 2.75) is 46.5 Å². The summed E-state index contributed by atoms with van der Waals surface area (Å²) in [6.07, 6.45) is 1.08. The van der Waals surface area contributed by atoms with Crippen LogP contribution in [-0.2, 0) is 76.5 Å². The van der Waals surface area contributed by atoms with Gasteiger partial charge in [0.05, 0.1) is 13.2 Å². The number of ether oxygens (including phenoxy) is 16. The highest BCUT2D eigenvalue weighted by molar-refractivity contribution is 5.31. The molecule has 0 saturated heterocycles. The van der Waals surface area contributed by atoms with Crippen LogP contribution in [0.4, 0.5) is 0 Å². The first kappa shape index (κ1) is 44.4. The van der Waals surface area contributed by atoms with Gasteiger partial charge >= 0.3 is 0 Å². The van der Waals surface area contributed by atoms with Crippen LogP contribution in [0.5, 0.6) is 5.75 Å². The first-order valence-corrected chi connectivity index (χ1v) is 15.2. The van der Waals surface area contributed by atoms with Crippen molar-refractivity contribution in [3.05, 3.63) is 29.8 Å². The van der Waals surface area contributed by atoms with E-state index in [0.717, 1.165) is 12.2 Å². The predicted molar refractivity (Wildman–Crippen MR) is 165 cm³/mol. The maximum Gasteiger partial charge on any atom is 0.191 e. The molecule has 282 valence electrons. The first-order valence-electron chi connectivity index (χ1n) is 15.2. The monoisotopic (exact) mass is 700 g/mol. The van der Waals surface area contributed by atoms with Gasteiger partial charge in [-0.2, -0.15) is 0 Å². The summed E-state index contributed by atoms with van der Waals surface area (Å²) in [5.74, 6) is 0.729. The molecule has 0 spiro atoms. The van der Waals surface area contributed by atoms with Crippen molar-refractivity contribution >= 4 is 0 Å². The van der Waals surface area contributed by atoms with Crippen molar-refractivity contribution in [1.82, 2.24) is 0 Å². The Kier molecular flexibility index (Phi) is 28.0. The minimum Gasteiger partial charge on any atom is -0.467 e. The molecule has 0 radical (unpaired) electrons. The third-order valence-electron chi connectivity index (χ3n) is 5.49. The molecule has 0 aromatic heterocycles. The molecule has 0 saturated carbocycles. The van der Waals surface area contributed by atoms with Crippen LogP contribution in [0.15, 0.2) is 24.3 Å². The summed E-state index contributed by atoms with van der Waals surface area (Å²) in [5, 5.41) is 8.52. The minimum absolute atomic E-state index is 0.00894. The molecule has 0 fully saturated rings. The highest BCUT2D eigenvalue weighted by Crippen LogP contribution is 2.36. The zero-order valence-corrected chi connectivity index (χ0v) is 29.0. The van der Waals surface area contributed by atoms with Gasteiger partial charge in [0, 0.05) is 0 Å². The lowest BCUT2D eigenvalue weighted by atomic mass is 9.72. The lowest BCUT2D eigenvalue weighted by Gasteiger charge is -2.33. The second kappa shape index (κ2) is 30.2. The molecule has 17 heteroatoms. The largest absolute Gasteiger partial charge is 0.467 e. The van der Waals surface area contributed by atoms with Gasteiger partial charge in [-0.15, -0.1) is 0 Å². The van der Waals surface area contributed by atoms with Gasteiger partial charge < -0.3 is 80.9 Å². The van der Waals surface area contributed by atoms with Gasteiger partial charge in [0.25, 0.3) is 0 Å². The summed E-state index contributed by atoms with van der Waals surface area (Å²) in [5.41, 5.74) is 1.60. The zero-order chi connectivity index (χ0) is 35.0. The summed E-state index contributed by atoms with van der Waals surface area (Å²) in [6, 6.07) is 8.09. The molecule has 0 unspecified atom stereocenters. The van der Waals surface area contributed by atoms with Gasteiger partial charge in [0.1, 0.15) is 12.5 Å². The molecule has 1 aromatic rings. The van der Waals surface area contributed by atoms with Crippen LogP contribution >= 0.6 is 0 Å². The number of aliphatic hydroxyl groups is 1. The molecule has 0 amide bonds. The van der Waals surface area contributed by atoms with Crippen molar-refractivity contribution in [3.8, 4) is 5.75 Å². The summed E-state index contributed by atoms with van der Waals surface area (Å²) < 4.78 is 81.7. The third-order valence-corrected chi connectivity index (χ3v) is 5.49. The molecule has 0 bridgehead atoms. The van der Waals surface area contributed by atoms with Crippen LogP contribution in [0.2, 0.25) is 0 Å². The maximum atomic E-state index is 8.52. The fourth-order valence-corrected chi connectivity index (χ4v) is 3.96. The Morgan fingerprint density at radius 2 is 0.708 bits per heavy atom. The number of hydrogen-bond donors (Lipinski definition) is 1. The van der Waals surface area contributed by atoms with Crippen molar-refractivity contribution in [2.24, 2.45) is 5.41 Å². The van der Waals surface area contributed by atoms with E-state index in [4.69, 9.17) is 80.9 Å². The molecule has 17 nitrogen and oxygen atoms in total. The number of benzene rings is 1. The SMILES string of the molecule is CC(C)(C)CC(C)(C)c1ccc(OCOCOCOCOCOCOCOCOCOCOCOCOCOCOCOCCO)cc1. The van der Waals surface area contributed by atoms with E-state index in [9.17, 15) is 0 Å². The van der Waals surface area contributed by atoms with Gasteiger partial charge in [-0.25, -0.2) is 0 Å². The van der Waals surface area contributed by atoms with E-state index in [1.807, 2.05) is 12.1 Å². The van der Waals surface area contributed by atoms with E-state index in [-0.39, 0.29) is 126 Å². The van der Waals surface area contributed by atoms with E-state index >= 15 is 0 Å². The van der Waals surface area contributed by atoms with Gasteiger partial charge in [0.15, 0.2) is 95.1 Å². The molecule has 0 heterocycles. The van der Waals surface area contributed by atoms with Crippen LogP contribution in [-0.4, -0.2) is 120 Å². The number of hydrogen-bond acceptors (Lipinski definition) is 17. The fourth-order valence-electron chi connectivity index (χ4n) is 3.96. The predicted octanol–water partition coefficient (Wildman–Crippen LogP) is 3.38. The second-order valence-electron chi connectivity index (χ2n) is 11.5. The van der Waals surface area contributed by atoms with Crippen molar-refractivity contribution in [1.29, 1.82) is 0 Å². The average molecular weight is 701 g/mol. The number of rotatable bonds is 35. The van der Waals surface area contributed by atoms with E-state index in [0.29, 0.717) is 0 Å². The Bertz CT molecular complexity index is 822. The summed E-state index contributed by atoms with van der Waals surface area (Å²) in [4.78, 5) is 0. The van der Waals surface area contributed by atoms with Crippen LogP contribution in [0.3, 0.4) is 0 Å². The van der Waals surface area contributed by atoms with Gasteiger partial charge in [-0.3, -0.25) is 0 Å². The Labute approximate surface area is 283 Å². The smallest absolute Gasteiger partial charge is 0.191 e. The Morgan fingerprint density at radius 1 is 0.417 bits per heavy atom. The van der Waals surface area contributed by atoms with Gasteiger partial charge in [0.2, 0.25) is 0 Å². The third kappa shape index (κ3) is 28.2. The second-order valence-corrected chi connectivity index (χ2v) is 11.5. The zero-order valence-electron chi connectivity index (χ0n) is 29.0. The van der Waals surface area contributed by atoms with Crippen LogP contribution in [0.1, 0.15) is 46.6 Å². The Balaban J connectivity index is 1.74. The van der Waals surface area contributed by atoms with E-state index in [1.165, 1.54) is 5.56 Å². The fraction of sp³-hybridized carbons (Fsp3) is 0.806. The normalized spacial score (nSPS) is 12.2. The van der Waals surface area contributed by atoms with E-state index < -0.39 is 0 Å². The summed E-state index contributed by atoms with van der Waals surface area (Å²) >= 11 is 0. The van der Waals surface area contributed by atoms with E-state index in [2.05, 4.69) is 46.8 Å². The standard InChI is InChI=1S/C31H56O17/c1-30(2,3)12-31(4,5)28-6-8-29(9-7-28)48-27-47-26-46-25-45-24-44-23-43-22-42-21-41-20-40-19-39-18-38-17-37-16-36-15-35-14-34-13-33-11-10-32/h6-9,32H,10-27H2,1-5H3. The molecular formula is C31H56O17. The first-order chi connectivity index (χ1) is 23.2. The average Bonchev–Trinajstić information content (AvgIpc) is 3.04. The van der Waals surface area contributed by atoms with Crippen molar-refractivity contribution < 1.29 is 80.9 Å². The Hall–Kier alpha value is -1.62. The van der Waals surface area contributed by atoms with E-state index in [1.54, 1.807) is 0 Å². The number of aliphatic hydroxyl groups excluding tert-OH is 1. The minimum atomic E-state index is -0.0661. The molecule has 1 rings (SSSR count). The highest BCUT2D eigenvalue weighted by Gasteiger charge is 2.27. The van der Waals surface area contributed by atoms with Crippen LogP contribution in [0.25, 0.3) is 0 Å². The van der Waals surface area contributed by atoms with Gasteiger partial charge in [-0.05, 0) is 34.9 Å². The Morgan fingerprint density at radius 3 is 1.00 bits per heavy atom. The van der Waals surface area contributed by atoms with Crippen LogP contribution < -0.4 is 4.74 Å². The van der Waals surface area contributed by atoms with Crippen molar-refractivity contribution in [3.63, 3.8) is 0 Å². The summed E-state index contributed by atoms with van der Waals surface area (Å²) in [7, 11) is 0. The molecular weight excluding hydrogens is 644 g/mol. The molecule has 0 aliphatic rings. The van der Waals surface area contributed by atoms with Crippen LogP contribution in [0, 0.1) is 5.41 Å². The molecule has 1 N–H and O–H groups in total. The molecule has 0 aliphatic carbocycles. The summed E-state index contributed by atoms with van der Waals surface area (Å²) in [6.45, 7) is 11.1.